The van der Waals surface area contributed by atoms with E-state index in [-0.39, 0.29) is 0 Å². The van der Waals surface area contributed by atoms with E-state index >= 15 is 0 Å². The molecule has 2 N–H and O–H groups in total. The number of hydrogen-bond donors (Lipinski definition) is 2. The van der Waals surface area contributed by atoms with Crippen LogP contribution in [0.3, 0.4) is 0 Å². The van der Waals surface area contributed by atoms with E-state index in [1.807, 2.05) is 24.1 Å². The second-order valence-electron chi connectivity index (χ2n) is 4.61. The lowest BCUT2D eigenvalue weighted by Gasteiger charge is -2.20. The van der Waals surface area contributed by atoms with Crippen LogP contribution in [0.25, 0.3) is 0 Å². The molecule has 0 bridgehead atoms. The van der Waals surface area contributed by atoms with Gasteiger partial charge in [0.25, 0.3) is 0 Å². The number of thioether (sulfide) groups is 2. The minimum atomic E-state index is 0.536. The predicted molar refractivity (Wildman–Crippen MR) is 86.5 cm³/mol. The van der Waals surface area contributed by atoms with Crippen molar-refractivity contribution < 1.29 is 0 Å². The smallest absolute Gasteiger partial charge is 0.191 e. The molecule has 2 unspecified atom stereocenters. The molecule has 1 saturated carbocycles. The normalized spacial score (nSPS) is 22.5. The Morgan fingerprint density at radius 2 is 2.05 bits per heavy atom. The van der Waals surface area contributed by atoms with Gasteiger partial charge in [-0.15, -0.1) is 0 Å². The summed E-state index contributed by atoms with van der Waals surface area (Å²) in [5.41, 5.74) is 0. The largest absolute Gasteiger partial charge is 0.370 e. The van der Waals surface area contributed by atoms with Crippen LogP contribution in [0.5, 0.6) is 0 Å². The Morgan fingerprint density at radius 1 is 1.26 bits per heavy atom. The summed E-state index contributed by atoms with van der Waals surface area (Å²) in [5.74, 6) is 1.85. The molecule has 4 nitrogen and oxygen atoms in total. The van der Waals surface area contributed by atoms with Crippen LogP contribution in [0.1, 0.15) is 26.2 Å². The number of nitrogens with one attached hydrogen (secondary N) is 2. The second-order valence-corrected chi connectivity index (χ2v) is 6.46. The average Bonchev–Trinajstić information content (AvgIpc) is 2.86. The van der Waals surface area contributed by atoms with Gasteiger partial charge in [-0.2, -0.15) is 11.8 Å². The van der Waals surface area contributed by atoms with Crippen molar-refractivity contribution in [1.29, 1.82) is 0 Å². The summed E-state index contributed by atoms with van der Waals surface area (Å²) in [6, 6.07) is 2.55. The molecule has 106 valence electrons. The van der Waals surface area contributed by atoms with Crippen LogP contribution in [0.15, 0.2) is 11.2 Å². The highest BCUT2D eigenvalue weighted by molar-refractivity contribution is 7.99. The van der Waals surface area contributed by atoms with Crippen molar-refractivity contribution in [3.63, 3.8) is 0 Å². The van der Waals surface area contributed by atoms with Crippen LogP contribution in [-0.4, -0.2) is 40.3 Å². The third-order valence-electron chi connectivity index (χ3n) is 3.33. The van der Waals surface area contributed by atoms with Crippen LogP contribution in [0.4, 0.5) is 11.6 Å². The molecule has 1 aliphatic rings. The number of nitrogens with zero attached hydrogens (tertiary/aromatic N) is 2. The summed E-state index contributed by atoms with van der Waals surface area (Å²) in [6.45, 7) is 2.95. The van der Waals surface area contributed by atoms with E-state index in [0.717, 1.165) is 23.3 Å². The third kappa shape index (κ3) is 3.92. The van der Waals surface area contributed by atoms with Gasteiger partial charge in [0.15, 0.2) is 5.16 Å². The molecule has 1 fully saturated rings. The summed E-state index contributed by atoms with van der Waals surface area (Å²) in [7, 11) is 0. The quantitative estimate of drug-likeness (QED) is 0.620. The standard InChI is InChI=1S/C13H22N4S2/c1-4-14-11-8-12(17-13(16-11)19-3)15-9-6-5-7-10(9)18-2/h8-10H,4-7H2,1-3H3,(H2,14,15,16,17). The third-order valence-corrected chi connectivity index (χ3v) is 5.05. The summed E-state index contributed by atoms with van der Waals surface area (Å²) in [5, 5.41) is 8.38. The van der Waals surface area contributed by atoms with Crippen LogP contribution in [-0.2, 0) is 0 Å². The molecule has 1 aromatic rings. The van der Waals surface area contributed by atoms with Gasteiger partial charge in [0.2, 0.25) is 0 Å². The summed E-state index contributed by atoms with van der Waals surface area (Å²) in [4.78, 5) is 9.01. The van der Waals surface area contributed by atoms with Crippen LogP contribution in [0.2, 0.25) is 0 Å². The lowest BCUT2D eigenvalue weighted by atomic mass is 10.2. The molecule has 1 heterocycles. The lowest BCUT2D eigenvalue weighted by Crippen LogP contribution is -2.26. The van der Waals surface area contributed by atoms with Gasteiger partial charge in [0.1, 0.15) is 11.6 Å². The van der Waals surface area contributed by atoms with E-state index in [4.69, 9.17) is 0 Å². The maximum Gasteiger partial charge on any atom is 0.191 e. The molecule has 0 saturated heterocycles. The zero-order valence-electron chi connectivity index (χ0n) is 11.8. The molecule has 1 aromatic heterocycles. The highest BCUT2D eigenvalue weighted by Crippen LogP contribution is 2.31. The highest BCUT2D eigenvalue weighted by atomic mass is 32.2. The zero-order valence-corrected chi connectivity index (χ0v) is 13.4. The first kappa shape index (κ1) is 14.8. The fourth-order valence-corrected chi connectivity index (χ4v) is 3.74. The van der Waals surface area contributed by atoms with E-state index in [2.05, 4.69) is 33.8 Å². The molecular formula is C13H22N4S2. The van der Waals surface area contributed by atoms with E-state index in [0.29, 0.717) is 11.3 Å². The van der Waals surface area contributed by atoms with Crippen molar-refractivity contribution in [2.75, 3.05) is 29.7 Å². The Kier molecular flexibility index (Phi) is 5.63. The Balaban J connectivity index is 2.12. The van der Waals surface area contributed by atoms with Crippen molar-refractivity contribution in [2.24, 2.45) is 0 Å². The van der Waals surface area contributed by atoms with Gasteiger partial charge in [-0.25, -0.2) is 9.97 Å². The molecule has 6 heteroatoms. The zero-order chi connectivity index (χ0) is 13.7. The monoisotopic (exact) mass is 298 g/mol. The van der Waals surface area contributed by atoms with E-state index in [1.54, 1.807) is 11.8 Å². The van der Waals surface area contributed by atoms with Crippen molar-refractivity contribution in [3.8, 4) is 0 Å². The van der Waals surface area contributed by atoms with E-state index < -0.39 is 0 Å². The maximum absolute atomic E-state index is 4.56. The van der Waals surface area contributed by atoms with Crippen molar-refractivity contribution in [1.82, 2.24) is 9.97 Å². The van der Waals surface area contributed by atoms with Crippen LogP contribution < -0.4 is 10.6 Å². The van der Waals surface area contributed by atoms with Gasteiger partial charge in [-0.3, -0.25) is 0 Å². The van der Waals surface area contributed by atoms with Gasteiger partial charge in [0.05, 0.1) is 0 Å². The average molecular weight is 298 g/mol. The molecule has 2 rings (SSSR count). The Morgan fingerprint density at radius 3 is 2.74 bits per heavy atom. The van der Waals surface area contributed by atoms with Gasteiger partial charge in [0, 0.05) is 23.9 Å². The van der Waals surface area contributed by atoms with Crippen LogP contribution >= 0.6 is 23.5 Å². The van der Waals surface area contributed by atoms with Gasteiger partial charge < -0.3 is 10.6 Å². The fourth-order valence-electron chi connectivity index (χ4n) is 2.43. The van der Waals surface area contributed by atoms with Crippen molar-refractivity contribution in [2.45, 2.75) is 42.6 Å². The van der Waals surface area contributed by atoms with Crippen molar-refractivity contribution >= 4 is 35.2 Å². The fraction of sp³-hybridized carbons (Fsp3) is 0.692. The lowest BCUT2D eigenvalue weighted by molar-refractivity contribution is 0.758. The summed E-state index contributed by atoms with van der Waals surface area (Å²) < 4.78 is 0. The Hall–Kier alpha value is -0.620. The molecule has 0 radical (unpaired) electrons. The molecular weight excluding hydrogens is 276 g/mol. The number of anilines is 2. The molecule has 0 amide bonds. The van der Waals surface area contributed by atoms with Gasteiger partial charge >= 0.3 is 0 Å². The number of rotatable bonds is 6. The predicted octanol–water partition coefficient (Wildman–Crippen LogP) is 3.33. The Bertz CT molecular complexity index is 414. The van der Waals surface area contributed by atoms with E-state index in [1.165, 1.54) is 19.3 Å². The van der Waals surface area contributed by atoms with Gasteiger partial charge in [-0.05, 0) is 32.3 Å². The number of aromatic nitrogens is 2. The molecule has 0 aromatic carbocycles. The minimum absolute atomic E-state index is 0.536. The topological polar surface area (TPSA) is 49.8 Å². The molecule has 0 spiro atoms. The summed E-state index contributed by atoms with van der Waals surface area (Å²) in [6.07, 6.45) is 8.06. The second kappa shape index (κ2) is 7.24. The first-order chi connectivity index (χ1) is 9.26. The van der Waals surface area contributed by atoms with Gasteiger partial charge in [-0.1, -0.05) is 18.2 Å². The first-order valence-corrected chi connectivity index (χ1v) is 9.24. The van der Waals surface area contributed by atoms with Crippen LogP contribution in [0, 0.1) is 0 Å². The summed E-state index contributed by atoms with van der Waals surface area (Å²) >= 11 is 3.54. The Labute approximate surface area is 123 Å². The van der Waals surface area contributed by atoms with Crippen molar-refractivity contribution in [3.05, 3.63) is 6.07 Å². The first-order valence-electron chi connectivity index (χ1n) is 6.73. The minimum Gasteiger partial charge on any atom is -0.370 e. The molecule has 19 heavy (non-hydrogen) atoms. The molecule has 0 aliphatic heterocycles. The molecule has 1 aliphatic carbocycles. The van der Waals surface area contributed by atoms with E-state index in [9.17, 15) is 0 Å². The molecule has 2 atom stereocenters. The highest BCUT2D eigenvalue weighted by Gasteiger charge is 2.26. The number of hydrogen-bond acceptors (Lipinski definition) is 6. The SMILES string of the molecule is CCNc1cc(NC2CCCC2SC)nc(SC)n1. The maximum atomic E-state index is 4.56.